The summed E-state index contributed by atoms with van der Waals surface area (Å²) in [4.78, 5) is 4.41. The number of ether oxygens (including phenoxy) is 1. The second kappa shape index (κ2) is 5.82. The molecule has 0 aliphatic carbocycles. The molecule has 0 radical (unpaired) electrons. The third-order valence-corrected chi connectivity index (χ3v) is 3.57. The summed E-state index contributed by atoms with van der Waals surface area (Å²) in [5.41, 5.74) is 8.11. The van der Waals surface area contributed by atoms with Gasteiger partial charge in [0, 0.05) is 24.2 Å². The Kier molecular flexibility index (Phi) is 3.37. The summed E-state index contributed by atoms with van der Waals surface area (Å²) in [5, 5.41) is 10.3. The summed E-state index contributed by atoms with van der Waals surface area (Å²) in [7, 11) is 0. The Labute approximate surface area is 137 Å². The van der Waals surface area contributed by atoms with Crippen molar-refractivity contribution < 1.29 is 9.15 Å². The number of hydrogen-bond donors (Lipinski definition) is 2. The van der Waals surface area contributed by atoms with Gasteiger partial charge < -0.3 is 20.0 Å². The Morgan fingerprint density at radius 2 is 2.00 bits per heavy atom. The van der Waals surface area contributed by atoms with Gasteiger partial charge in [-0.25, -0.2) is 0 Å². The monoisotopic (exact) mass is 316 g/mol. The molecule has 0 atom stereocenters. The summed E-state index contributed by atoms with van der Waals surface area (Å²) in [6, 6.07) is 13.1. The highest BCUT2D eigenvalue weighted by Crippen LogP contribution is 2.37. The van der Waals surface area contributed by atoms with Crippen molar-refractivity contribution in [3.63, 3.8) is 0 Å². The number of hydrazine groups is 1. The number of pyridine rings is 1. The van der Waals surface area contributed by atoms with Crippen molar-refractivity contribution in [1.82, 2.24) is 15.8 Å². The number of para-hydroxylation sites is 1. The van der Waals surface area contributed by atoms with E-state index in [0.717, 1.165) is 5.57 Å². The van der Waals surface area contributed by atoms with Gasteiger partial charge in [0.2, 0.25) is 0 Å². The quantitative estimate of drug-likeness (QED) is 0.770. The molecule has 0 spiro atoms. The molecular formula is C18H12N4O2. The molecule has 0 saturated heterocycles. The average Bonchev–Trinajstić information content (AvgIpc) is 3.00. The zero-order chi connectivity index (χ0) is 16.4. The SMILES string of the molecule is N#Cc1c(Oc2ccccc2)oc2ccnc(C3=CNNC=C3)c12. The molecule has 0 amide bonds. The van der Waals surface area contributed by atoms with Crippen molar-refractivity contribution in [2.45, 2.75) is 0 Å². The number of furan rings is 1. The molecule has 6 heteroatoms. The lowest BCUT2D eigenvalue weighted by Crippen LogP contribution is -2.23. The first-order valence-electron chi connectivity index (χ1n) is 7.29. The molecule has 24 heavy (non-hydrogen) atoms. The predicted octanol–water partition coefficient (Wildman–Crippen LogP) is 3.45. The standard InChI is InChI=1S/C18H12N4O2/c19-10-14-16-15(24-18(14)23-13-4-2-1-3-5-13)7-8-20-17(16)12-6-9-21-22-11-12/h1-9,11,21-22H. The summed E-state index contributed by atoms with van der Waals surface area (Å²) < 4.78 is 11.5. The molecule has 3 aromatic rings. The van der Waals surface area contributed by atoms with Crippen LogP contribution in [-0.4, -0.2) is 4.98 Å². The Bertz CT molecular complexity index is 997. The van der Waals surface area contributed by atoms with Crippen molar-refractivity contribution in [2.75, 3.05) is 0 Å². The Hall–Kier alpha value is -3.72. The van der Waals surface area contributed by atoms with Gasteiger partial charge in [-0.3, -0.25) is 4.98 Å². The number of hydrogen-bond acceptors (Lipinski definition) is 6. The van der Waals surface area contributed by atoms with E-state index in [-0.39, 0.29) is 5.95 Å². The lowest BCUT2D eigenvalue weighted by atomic mass is 10.1. The fourth-order valence-corrected chi connectivity index (χ4v) is 2.51. The number of nitrogens with one attached hydrogen (secondary N) is 2. The third-order valence-electron chi connectivity index (χ3n) is 3.57. The van der Waals surface area contributed by atoms with Crippen LogP contribution in [0.4, 0.5) is 0 Å². The second-order valence-electron chi connectivity index (χ2n) is 5.05. The molecule has 2 N–H and O–H groups in total. The van der Waals surface area contributed by atoms with Crippen molar-refractivity contribution in [2.24, 2.45) is 0 Å². The summed E-state index contributed by atoms with van der Waals surface area (Å²) in [5.74, 6) is 0.768. The summed E-state index contributed by atoms with van der Waals surface area (Å²) >= 11 is 0. The van der Waals surface area contributed by atoms with E-state index in [1.165, 1.54) is 0 Å². The Morgan fingerprint density at radius 3 is 2.75 bits per heavy atom. The molecule has 4 rings (SSSR count). The number of aromatic nitrogens is 1. The van der Waals surface area contributed by atoms with Gasteiger partial charge in [-0.05, 0) is 24.3 Å². The topological polar surface area (TPSA) is 83.1 Å². The van der Waals surface area contributed by atoms with Crippen LogP contribution in [0, 0.1) is 11.3 Å². The highest BCUT2D eigenvalue weighted by Gasteiger charge is 2.21. The smallest absolute Gasteiger partial charge is 0.309 e. The van der Waals surface area contributed by atoms with E-state index in [1.807, 2.05) is 24.3 Å². The Balaban J connectivity index is 1.87. The molecule has 0 fully saturated rings. The van der Waals surface area contributed by atoms with Gasteiger partial charge in [0.1, 0.15) is 23.0 Å². The number of nitriles is 1. The van der Waals surface area contributed by atoms with E-state index in [0.29, 0.717) is 28.0 Å². The molecule has 6 nitrogen and oxygen atoms in total. The van der Waals surface area contributed by atoms with Crippen LogP contribution in [0.5, 0.6) is 11.7 Å². The molecular weight excluding hydrogens is 304 g/mol. The molecule has 116 valence electrons. The molecule has 0 saturated carbocycles. The van der Waals surface area contributed by atoms with E-state index >= 15 is 0 Å². The molecule has 3 heterocycles. The van der Waals surface area contributed by atoms with Crippen molar-refractivity contribution in [3.05, 3.63) is 72.3 Å². The van der Waals surface area contributed by atoms with Gasteiger partial charge in [-0.1, -0.05) is 18.2 Å². The van der Waals surface area contributed by atoms with Crippen LogP contribution in [0.2, 0.25) is 0 Å². The van der Waals surface area contributed by atoms with Crippen LogP contribution in [0.1, 0.15) is 11.3 Å². The maximum absolute atomic E-state index is 9.62. The van der Waals surface area contributed by atoms with Crippen molar-refractivity contribution in [1.29, 1.82) is 5.26 Å². The fraction of sp³-hybridized carbons (Fsp3) is 0. The molecule has 2 aromatic heterocycles. The van der Waals surface area contributed by atoms with Gasteiger partial charge in [0.15, 0.2) is 0 Å². The van der Waals surface area contributed by atoms with Crippen LogP contribution < -0.4 is 15.6 Å². The van der Waals surface area contributed by atoms with E-state index in [1.54, 1.807) is 36.8 Å². The normalized spacial score (nSPS) is 12.9. The number of rotatable bonds is 3. The minimum Gasteiger partial charge on any atom is -0.425 e. The molecule has 0 unspecified atom stereocenters. The molecule has 1 aliphatic heterocycles. The van der Waals surface area contributed by atoms with Crippen molar-refractivity contribution >= 4 is 16.5 Å². The van der Waals surface area contributed by atoms with E-state index in [2.05, 4.69) is 21.9 Å². The Morgan fingerprint density at radius 1 is 1.12 bits per heavy atom. The van der Waals surface area contributed by atoms with Crippen LogP contribution in [-0.2, 0) is 0 Å². The summed E-state index contributed by atoms with van der Waals surface area (Å²) in [6.45, 7) is 0. The van der Waals surface area contributed by atoms with Gasteiger partial charge in [-0.2, -0.15) is 5.26 Å². The summed E-state index contributed by atoms with van der Waals surface area (Å²) in [6.07, 6.45) is 7.03. The van der Waals surface area contributed by atoms with Crippen LogP contribution >= 0.6 is 0 Å². The van der Waals surface area contributed by atoms with Crippen molar-refractivity contribution in [3.8, 4) is 17.8 Å². The zero-order valence-electron chi connectivity index (χ0n) is 12.5. The highest BCUT2D eigenvalue weighted by atomic mass is 16.6. The van der Waals surface area contributed by atoms with Gasteiger partial charge in [-0.15, -0.1) is 0 Å². The van der Waals surface area contributed by atoms with E-state index < -0.39 is 0 Å². The fourth-order valence-electron chi connectivity index (χ4n) is 2.51. The lowest BCUT2D eigenvalue weighted by Gasteiger charge is -2.10. The van der Waals surface area contributed by atoms with E-state index in [4.69, 9.17) is 9.15 Å². The second-order valence-corrected chi connectivity index (χ2v) is 5.05. The maximum atomic E-state index is 9.62. The number of fused-ring (bicyclic) bond motifs is 1. The molecule has 1 aliphatic rings. The molecule has 0 bridgehead atoms. The van der Waals surface area contributed by atoms with Crippen LogP contribution in [0.25, 0.3) is 16.5 Å². The van der Waals surface area contributed by atoms with Gasteiger partial charge >= 0.3 is 5.95 Å². The van der Waals surface area contributed by atoms with Crippen LogP contribution in [0.3, 0.4) is 0 Å². The highest BCUT2D eigenvalue weighted by molar-refractivity contribution is 5.97. The molecule has 1 aromatic carbocycles. The number of benzene rings is 1. The first kappa shape index (κ1) is 13.9. The zero-order valence-corrected chi connectivity index (χ0v) is 12.5. The number of nitrogens with zero attached hydrogens (tertiary/aromatic N) is 2. The average molecular weight is 316 g/mol. The maximum Gasteiger partial charge on any atom is 0.309 e. The first-order valence-corrected chi connectivity index (χ1v) is 7.29. The first-order chi connectivity index (χ1) is 11.9. The number of allylic oxidation sites excluding steroid dienone is 2. The predicted molar refractivity (Wildman–Crippen MR) is 88.6 cm³/mol. The van der Waals surface area contributed by atoms with Gasteiger partial charge in [0.05, 0.1) is 11.1 Å². The third kappa shape index (κ3) is 2.34. The lowest BCUT2D eigenvalue weighted by molar-refractivity contribution is 0.359. The van der Waals surface area contributed by atoms with E-state index in [9.17, 15) is 5.26 Å². The largest absolute Gasteiger partial charge is 0.425 e. The minimum atomic E-state index is 0.166. The minimum absolute atomic E-state index is 0.166. The van der Waals surface area contributed by atoms with Gasteiger partial charge in [0.25, 0.3) is 0 Å². The van der Waals surface area contributed by atoms with Crippen LogP contribution in [0.15, 0.2) is 65.5 Å².